The van der Waals surface area contributed by atoms with E-state index in [9.17, 15) is 14.7 Å². The second-order valence-electron chi connectivity index (χ2n) is 8.96. The molecule has 0 bridgehead atoms. The van der Waals surface area contributed by atoms with E-state index in [2.05, 4.69) is 42.5 Å². The van der Waals surface area contributed by atoms with Crippen molar-refractivity contribution >= 4 is 11.2 Å². The maximum absolute atomic E-state index is 13.3. The lowest BCUT2D eigenvalue weighted by molar-refractivity contribution is 0.105. The van der Waals surface area contributed by atoms with Crippen LogP contribution in [0.1, 0.15) is 73.1 Å². The molecule has 0 saturated heterocycles. The quantitative estimate of drug-likeness (QED) is 0.466. The van der Waals surface area contributed by atoms with Crippen LogP contribution in [-0.2, 0) is 19.6 Å². The highest BCUT2D eigenvalue weighted by Crippen LogP contribution is 2.11. The number of rotatable bonds is 13. The topological polar surface area (TPSA) is 85.3 Å². The van der Waals surface area contributed by atoms with Gasteiger partial charge < -0.3 is 9.67 Å². The Balaban J connectivity index is 2.32. The van der Waals surface area contributed by atoms with Gasteiger partial charge in [0.25, 0.3) is 5.56 Å². The number of aromatic nitrogens is 4. The SMILES string of the molecule is CCCCn1c(=O)n(CCC(C)(O)C#CCN(CCC)CCC)c(=O)c2c1ncn2CCC. The van der Waals surface area contributed by atoms with Gasteiger partial charge in [-0.3, -0.25) is 18.8 Å². The molecule has 2 rings (SSSR count). The van der Waals surface area contributed by atoms with Crippen molar-refractivity contribution < 1.29 is 5.11 Å². The number of imidazole rings is 1. The maximum Gasteiger partial charge on any atom is 0.332 e. The Bertz CT molecular complexity index is 1060. The van der Waals surface area contributed by atoms with Crippen molar-refractivity contribution in [3.8, 4) is 11.8 Å². The highest BCUT2D eigenvalue weighted by molar-refractivity contribution is 5.70. The Morgan fingerprint density at radius 1 is 1.00 bits per heavy atom. The minimum Gasteiger partial charge on any atom is -0.378 e. The van der Waals surface area contributed by atoms with Crippen molar-refractivity contribution in [2.45, 2.75) is 98.4 Å². The van der Waals surface area contributed by atoms with Crippen molar-refractivity contribution in [1.29, 1.82) is 0 Å². The molecule has 1 unspecified atom stereocenters. The Kier molecular flexibility index (Phi) is 10.4. The number of nitrogens with zero attached hydrogens (tertiary/aromatic N) is 5. The van der Waals surface area contributed by atoms with E-state index in [0.29, 0.717) is 30.8 Å². The van der Waals surface area contributed by atoms with Crippen molar-refractivity contribution in [3.63, 3.8) is 0 Å². The summed E-state index contributed by atoms with van der Waals surface area (Å²) in [5, 5.41) is 10.8. The van der Waals surface area contributed by atoms with E-state index in [4.69, 9.17) is 0 Å². The third-order valence-electron chi connectivity index (χ3n) is 5.75. The van der Waals surface area contributed by atoms with Crippen LogP contribution in [0.5, 0.6) is 0 Å². The lowest BCUT2D eigenvalue weighted by atomic mass is 10.0. The molecular weight excluding hydrogens is 418 g/mol. The number of unbranched alkanes of at least 4 members (excludes halogenated alkanes) is 1. The molecule has 0 aliphatic carbocycles. The Hall–Kier alpha value is -2.37. The first-order chi connectivity index (χ1) is 15.8. The van der Waals surface area contributed by atoms with E-state index in [1.807, 2.05) is 11.5 Å². The molecular formula is C25H41N5O3. The summed E-state index contributed by atoms with van der Waals surface area (Å²) in [6, 6.07) is 0. The van der Waals surface area contributed by atoms with Crippen LogP contribution in [0.25, 0.3) is 11.2 Å². The van der Waals surface area contributed by atoms with Gasteiger partial charge in [0.15, 0.2) is 11.2 Å². The smallest absolute Gasteiger partial charge is 0.332 e. The normalized spacial score (nSPS) is 13.3. The molecule has 8 nitrogen and oxygen atoms in total. The summed E-state index contributed by atoms with van der Waals surface area (Å²) in [5.41, 5.74) is -1.12. The van der Waals surface area contributed by atoms with Gasteiger partial charge >= 0.3 is 5.69 Å². The molecule has 0 amide bonds. The third kappa shape index (κ3) is 7.05. The molecule has 0 fully saturated rings. The summed E-state index contributed by atoms with van der Waals surface area (Å²) in [5.74, 6) is 6.04. The Labute approximate surface area is 197 Å². The molecule has 1 N–H and O–H groups in total. The van der Waals surface area contributed by atoms with Gasteiger partial charge in [0, 0.05) is 26.1 Å². The van der Waals surface area contributed by atoms with Crippen molar-refractivity contribution in [1.82, 2.24) is 23.6 Å². The highest BCUT2D eigenvalue weighted by atomic mass is 16.3. The van der Waals surface area contributed by atoms with Gasteiger partial charge in [-0.2, -0.15) is 0 Å². The standard InChI is InChI=1S/C25H41N5O3/c1-6-10-18-29-22-21(28(16-9-4)20-26-22)23(31)30(24(29)32)19-13-25(5,33)12-11-17-27(14-7-2)15-8-3/h20,33H,6-10,13-19H2,1-5H3. The van der Waals surface area contributed by atoms with Crippen LogP contribution in [0.3, 0.4) is 0 Å². The summed E-state index contributed by atoms with van der Waals surface area (Å²) >= 11 is 0. The molecule has 184 valence electrons. The van der Waals surface area contributed by atoms with E-state index < -0.39 is 5.60 Å². The summed E-state index contributed by atoms with van der Waals surface area (Å²) in [6.45, 7) is 13.8. The van der Waals surface area contributed by atoms with Gasteiger partial charge in [-0.25, -0.2) is 9.78 Å². The lowest BCUT2D eigenvalue weighted by Gasteiger charge is -2.19. The number of hydrogen-bond donors (Lipinski definition) is 1. The lowest BCUT2D eigenvalue weighted by Crippen LogP contribution is -2.42. The van der Waals surface area contributed by atoms with Crippen LogP contribution in [0.15, 0.2) is 15.9 Å². The van der Waals surface area contributed by atoms with Crippen LogP contribution in [-0.4, -0.2) is 53.9 Å². The highest BCUT2D eigenvalue weighted by Gasteiger charge is 2.22. The second kappa shape index (κ2) is 12.8. The van der Waals surface area contributed by atoms with Crippen LogP contribution in [0, 0.1) is 11.8 Å². The molecule has 2 aromatic heterocycles. The van der Waals surface area contributed by atoms with E-state index in [-0.39, 0.29) is 24.2 Å². The number of hydrogen-bond acceptors (Lipinski definition) is 5. The molecule has 0 saturated carbocycles. The van der Waals surface area contributed by atoms with Crippen molar-refractivity contribution in [2.75, 3.05) is 19.6 Å². The zero-order valence-corrected chi connectivity index (χ0v) is 21.1. The minimum absolute atomic E-state index is 0.104. The summed E-state index contributed by atoms with van der Waals surface area (Å²) in [4.78, 5) is 33.1. The zero-order chi connectivity index (χ0) is 24.4. The van der Waals surface area contributed by atoms with Gasteiger partial charge in [-0.1, -0.05) is 46.0 Å². The number of aryl methyl sites for hydroxylation is 2. The largest absolute Gasteiger partial charge is 0.378 e. The van der Waals surface area contributed by atoms with Gasteiger partial charge in [-0.15, -0.1) is 0 Å². The fourth-order valence-electron chi connectivity index (χ4n) is 4.00. The molecule has 2 heterocycles. The van der Waals surface area contributed by atoms with E-state index in [0.717, 1.165) is 45.2 Å². The van der Waals surface area contributed by atoms with Crippen LogP contribution in [0.4, 0.5) is 0 Å². The first-order valence-corrected chi connectivity index (χ1v) is 12.4. The molecule has 0 aliphatic rings. The molecule has 1 atom stereocenters. The van der Waals surface area contributed by atoms with Crippen LogP contribution >= 0.6 is 0 Å². The predicted octanol–water partition coefficient (Wildman–Crippen LogP) is 2.84. The van der Waals surface area contributed by atoms with E-state index in [1.165, 1.54) is 4.57 Å². The summed E-state index contributed by atoms with van der Waals surface area (Å²) in [6.07, 6.45) is 6.56. The molecule has 8 heteroatoms. The Morgan fingerprint density at radius 2 is 1.70 bits per heavy atom. The van der Waals surface area contributed by atoms with Crippen LogP contribution in [0.2, 0.25) is 0 Å². The fraction of sp³-hybridized carbons (Fsp3) is 0.720. The van der Waals surface area contributed by atoms with Gasteiger partial charge in [0.1, 0.15) is 5.60 Å². The zero-order valence-electron chi connectivity index (χ0n) is 21.1. The van der Waals surface area contributed by atoms with Gasteiger partial charge in [0.2, 0.25) is 0 Å². The molecule has 0 aliphatic heterocycles. The number of fused-ring (bicyclic) bond motifs is 1. The van der Waals surface area contributed by atoms with E-state index >= 15 is 0 Å². The Morgan fingerprint density at radius 3 is 2.30 bits per heavy atom. The van der Waals surface area contributed by atoms with E-state index in [1.54, 1.807) is 17.8 Å². The monoisotopic (exact) mass is 459 g/mol. The molecule has 33 heavy (non-hydrogen) atoms. The third-order valence-corrected chi connectivity index (χ3v) is 5.75. The second-order valence-corrected chi connectivity index (χ2v) is 8.96. The summed E-state index contributed by atoms with van der Waals surface area (Å²) < 4.78 is 4.66. The average Bonchev–Trinajstić information content (AvgIpc) is 3.18. The van der Waals surface area contributed by atoms with Crippen LogP contribution < -0.4 is 11.2 Å². The maximum atomic E-state index is 13.3. The molecule has 0 aromatic carbocycles. The minimum atomic E-state index is -1.29. The fourth-order valence-corrected chi connectivity index (χ4v) is 4.00. The number of aliphatic hydroxyl groups is 1. The summed E-state index contributed by atoms with van der Waals surface area (Å²) in [7, 11) is 0. The van der Waals surface area contributed by atoms with Gasteiger partial charge in [-0.05, 0) is 45.7 Å². The van der Waals surface area contributed by atoms with Crippen molar-refractivity contribution in [3.05, 3.63) is 27.2 Å². The molecule has 2 aromatic rings. The van der Waals surface area contributed by atoms with Crippen molar-refractivity contribution in [2.24, 2.45) is 0 Å². The predicted molar refractivity (Wildman–Crippen MR) is 133 cm³/mol. The molecule has 0 radical (unpaired) electrons. The first kappa shape index (κ1) is 26.9. The average molecular weight is 460 g/mol. The van der Waals surface area contributed by atoms with Gasteiger partial charge in [0.05, 0.1) is 12.9 Å². The first-order valence-electron chi connectivity index (χ1n) is 12.4. The molecule has 0 spiro atoms.